The summed E-state index contributed by atoms with van der Waals surface area (Å²) in [6.07, 6.45) is 2.45. The summed E-state index contributed by atoms with van der Waals surface area (Å²) in [5, 5.41) is 3.48. The molecule has 52 valence electrons. The molecular weight excluding hydrogens is 118 g/mol. The highest BCUT2D eigenvalue weighted by atomic mass is 16.6. The molecular formula is C6H11NO2. The van der Waals surface area contributed by atoms with Gasteiger partial charge in [-0.25, -0.2) is 0 Å². The van der Waals surface area contributed by atoms with Gasteiger partial charge in [0.2, 0.25) is 0 Å². The van der Waals surface area contributed by atoms with Crippen LogP contribution in [0.2, 0.25) is 0 Å². The van der Waals surface area contributed by atoms with Crippen LogP contribution in [0.15, 0.2) is 5.16 Å². The molecule has 0 aliphatic carbocycles. The van der Waals surface area contributed by atoms with Crippen LogP contribution in [0, 0.1) is 0 Å². The molecule has 0 fully saturated rings. The highest BCUT2D eigenvalue weighted by molar-refractivity contribution is 5.76. The summed E-state index contributed by atoms with van der Waals surface area (Å²) in [5.41, 5.74) is 0. The third kappa shape index (κ3) is 7.14. The lowest BCUT2D eigenvalue weighted by Crippen LogP contribution is -1.99. The summed E-state index contributed by atoms with van der Waals surface area (Å²) in [6.45, 7) is 3.48. The Bertz CT molecular complexity index is 110. The van der Waals surface area contributed by atoms with Crippen LogP contribution >= 0.6 is 0 Å². The molecule has 0 bridgehead atoms. The molecule has 0 aromatic carbocycles. The van der Waals surface area contributed by atoms with Crippen LogP contribution < -0.4 is 0 Å². The maximum Gasteiger partial charge on any atom is 0.174 e. The molecule has 0 heterocycles. The standard InChI is InChI=1S/C6H11NO2/c1-3-4-7-9-5-6(2)8/h4H,3,5H2,1-2H3. The lowest BCUT2D eigenvalue weighted by atomic mass is 10.5. The lowest BCUT2D eigenvalue weighted by molar-refractivity contribution is -0.121. The van der Waals surface area contributed by atoms with Crippen LogP contribution in [-0.4, -0.2) is 18.6 Å². The monoisotopic (exact) mass is 129 g/mol. The second-order valence-electron chi connectivity index (χ2n) is 1.67. The van der Waals surface area contributed by atoms with Crippen molar-refractivity contribution in [2.45, 2.75) is 20.3 Å². The third-order valence-corrected chi connectivity index (χ3v) is 0.599. The van der Waals surface area contributed by atoms with Crippen molar-refractivity contribution in [1.29, 1.82) is 0 Å². The molecule has 3 heteroatoms. The van der Waals surface area contributed by atoms with Crippen molar-refractivity contribution in [2.75, 3.05) is 6.61 Å². The Morgan fingerprint density at radius 1 is 1.78 bits per heavy atom. The van der Waals surface area contributed by atoms with Gasteiger partial charge < -0.3 is 4.84 Å². The zero-order chi connectivity index (χ0) is 7.11. The second kappa shape index (κ2) is 5.28. The van der Waals surface area contributed by atoms with Gasteiger partial charge in [0.15, 0.2) is 12.4 Å². The van der Waals surface area contributed by atoms with Gasteiger partial charge in [-0.15, -0.1) is 0 Å². The van der Waals surface area contributed by atoms with Gasteiger partial charge in [-0.3, -0.25) is 4.79 Å². The Hall–Kier alpha value is -0.860. The number of hydrogen-bond acceptors (Lipinski definition) is 3. The highest BCUT2D eigenvalue weighted by Crippen LogP contribution is 1.76. The summed E-state index contributed by atoms with van der Waals surface area (Å²) < 4.78 is 0. The molecule has 0 aliphatic heterocycles. The fourth-order valence-electron chi connectivity index (χ4n) is 0.255. The van der Waals surface area contributed by atoms with E-state index < -0.39 is 0 Å². The molecule has 0 unspecified atom stereocenters. The molecule has 9 heavy (non-hydrogen) atoms. The Morgan fingerprint density at radius 3 is 2.89 bits per heavy atom. The van der Waals surface area contributed by atoms with Gasteiger partial charge in [0, 0.05) is 6.21 Å². The second-order valence-corrected chi connectivity index (χ2v) is 1.67. The lowest BCUT2D eigenvalue weighted by Gasteiger charge is -1.90. The molecule has 0 amide bonds. The average molecular weight is 129 g/mol. The van der Waals surface area contributed by atoms with Gasteiger partial charge in [-0.2, -0.15) is 0 Å². The minimum atomic E-state index is -0.0109. The zero-order valence-corrected chi connectivity index (χ0v) is 5.76. The zero-order valence-electron chi connectivity index (χ0n) is 5.76. The summed E-state index contributed by atoms with van der Waals surface area (Å²) in [6, 6.07) is 0. The number of Topliss-reactive ketones (excluding diaryl/α,β-unsaturated/α-hetero) is 1. The molecule has 0 radical (unpaired) electrons. The molecule has 0 N–H and O–H groups in total. The first kappa shape index (κ1) is 8.14. The quantitative estimate of drug-likeness (QED) is 0.419. The first-order valence-corrected chi connectivity index (χ1v) is 2.90. The molecule has 0 saturated heterocycles. The van der Waals surface area contributed by atoms with E-state index in [-0.39, 0.29) is 12.4 Å². The van der Waals surface area contributed by atoms with E-state index in [0.717, 1.165) is 6.42 Å². The number of carbonyl (C=O) groups is 1. The summed E-state index contributed by atoms with van der Waals surface area (Å²) in [4.78, 5) is 14.8. The van der Waals surface area contributed by atoms with E-state index in [1.165, 1.54) is 6.92 Å². The van der Waals surface area contributed by atoms with Gasteiger partial charge in [0.25, 0.3) is 0 Å². The van der Waals surface area contributed by atoms with Gasteiger partial charge >= 0.3 is 0 Å². The predicted octanol–water partition coefficient (Wildman–Crippen LogP) is 0.988. The van der Waals surface area contributed by atoms with Gasteiger partial charge in [0.05, 0.1) is 0 Å². The van der Waals surface area contributed by atoms with Crippen molar-refractivity contribution in [3.05, 3.63) is 0 Å². The maximum atomic E-state index is 10.2. The van der Waals surface area contributed by atoms with Crippen molar-refractivity contribution in [2.24, 2.45) is 5.16 Å². The maximum absolute atomic E-state index is 10.2. The van der Waals surface area contributed by atoms with Crippen molar-refractivity contribution in [3.63, 3.8) is 0 Å². The molecule has 0 saturated carbocycles. The normalized spacial score (nSPS) is 10.0. The van der Waals surface area contributed by atoms with Crippen LogP contribution in [0.5, 0.6) is 0 Å². The number of nitrogens with zero attached hydrogens (tertiary/aromatic N) is 1. The Balaban J connectivity index is 3.09. The van der Waals surface area contributed by atoms with Crippen LogP contribution in [0.25, 0.3) is 0 Å². The first-order valence-electron chi connectivity index (χ1n) is 2.90. The number of oxime groups is 1. The molecule has 0 aromatic rings. The fourth-order valence-corrected chi connectivity index (χ4v) is 0.255. The van der Waals surface area contributed by atoms with Crippen LogP contribution in [0.3, 0.4) is 0 Å². The Labute approximate surface area is 54.7 Å². The fraction of sp³-hybridized carbons (Fsp3) is 0.667. The predicted molar refractivity (Wildman–Crippen MR) is 35.4 cm³/mol. The Morgan fingerprint density at radius 2 is 2.44 bits per heavy atom. The van der Waals surface area contributed by atoms with Crippen molar-refractivity contribution in [3.8, 4) is 0 Å². The minimum absolute atomic E-state index is 0.0109. The number of carbonyl (C=O) groups excluding carboxylic acids is 1. The van der Waals surface area contributed by atoms with E-state index in [1.54, 1.807) is 6.21 Å². The minimum Gasteiger partial charge on any atom is -0.388 e. The number of ketones is 1. The van der Waals surface area contributed by atoms with E-state index >= 15 is 0 Å². The van der Waals surface area contributed by atoms with Crippen LogP contribution in [-0.2, 0) is 9.63 Å². The summed E-state index contributed by atoms with van der Waals surface area (Å²) in [5.74, 6) is -0.0109. The van der Waals surface area contributed by atoms with E-state index in [0.29, 0.717) is 0 Å². The first-order chi connectivity index (χ1) is 4.27. The summed E-state index contributed by atoms with van der Waals surface area (Å²) >= 11 is 0. The Kier molecular flexibility index (Phi) is 4.78. The van der Waals surface area contributed by atoms with Crippen molar-refractivity contribution in [1.82, 2.24) is 0 Å². The van der Waals surface area contributed by atoms with E-state index in [1.807, 2.05) is 6.92 Å². The molecule has 0 spiro atoms. The van der Waals surface area contributed by atoms with Crippen molar-refractivity contribution < 1.29 is 9.63 Å². The average Bonchev–Trinajstić information content (AvgIpc) is 1.80. The number of hydrogen-bond donors (Lipinski definition) is 0. The molecule has 0 atom stereocenters. The molecule has 0 aliphatic rings. The summed E-state index contributed by atoms with van der Waals surface area (Å²) in [7, 11) is 0. The number of rotatable bonds is 4. The highest BCUT2D eigenvalue weighted by Gasteiger charge is 1.87. The van der Waals surface area contributed by atoms with Gasteiger partial charge in [0.1, 0.15) is 0 Å². The van der Waals surface area contributed by atoms with E-state index in [2.05, 4.69) is 9.99 Å². The third-order valence-electron chi connectivity index (χ3n) is 0.599. The van der Waals surface area contributed by atoms with Gasteiger partial charge in [-0.05, 0) is 13.3 Å². The van der Waals surface area contributed by atoms with Gasteiger partial charge in [-0.1, -0.05) is 12.1 Å². The topological polar surface area (TPSA) is 38.7 Å². The van der Waals surface area contributed by atoms with E-state index in [9.17, 15) is 4.79 Å². The molecule has 0 aromatic heterocycles. The van der Waals surface area contributed by atoms with Crippen LogP contribution in [0.1, 0.15) is 20.3 Å². The molecule has 3 nitrogen and oxygen atoms in total. The van der Waals surface area contributed by atoms with Crippen molar-refractivity contribution >= 4 is 12.0 Å². The largest absolute Gasteiger partial charge is 0.388 e. The SMILES string of the molecule is CCC=NOCC(C)=O. The smallest absolute Gasteiger partial charge is 0.174 e. The van der Waals surface area contributed by atoms with Crippen LogP contribution in [0.4, 0.5) is 0 Å². The molecule has 0 rings (SSSR count). The van der Waals surface area contributed by atoms with E-state index in [4.69, 9.17) is 0 Å².